The minimum Gasteiger partial charge on any atom is -0.373 e. The number of nitrogens with one attached hydrogen (secondary N) is 1. The van der Waals surface area contributed by atoms with Crippen molar-refractivity contribution in [2.45, 2.75) is 32.0 Å². The van der Waals surface area contributed by atoms with Crippen molar-refractivity contribution < 1.29 is 9.53 Å². The SMILES string of the molecule is C[C@H](NC(=O)N1CCc2ccc(Cl)cc2C1)[C@H]1CN(C)CCO1. The van der Waals surface area contributed by atoms with Crippen LogP contribution in [0.4, 0.5) is 4.79 Å². The molecule has 2 heterocycles. The molecule has 1 aromatic rings. The minimum absolute atomic E-state index is 0.00833. The Labute approximate surface area is 142 Å². The molecule has 0 unspecified atom stereocenters. The predicted octanol–water partition coefficient (Wildman–Crippen LogP) is 2.13. The van der Waals surface area contributed by atoms with E-state index < -0.39 is 0 Å². The van der Waals surface area contributed by atoms with Gasteiger partial charge in [0.1, 0.15) is 0 Å². The van der Waals surface area contributed by atoms with Crippen LogP contribution in [0, 0.1) is 0 Å². The van der Waals surface area contributed by atoms with Gasteiger partial charge in [-0.2, -0.15) is 0 Å². The molecule has 0 radical (unpaired) electrons. The lowest BCUT2D eigenvalue weighted by Gasteiger charge is -2.36. The molecule has 1 aromatic carbocycles. The average molecular weight is 338 g/mol. The summed E-state index contributed by atoms with van der Waals surface area (Å²) in [6, 6.07) is 5.89. The number of carbonyl (C=O) groups is 1. The van der Waals surface area contributed by atoms with Gasteiger partial charge in [0.05, 0.1) is 18.8 Å². The van der Waals surface area contributed by atoms with Crippen LogP contribution in [-0.4, -0.2) is 61.3 Å². The van der Waals surface area contributed by atoms with Crippen LogP contribution in [0.2, 0.25) is 5.02 Å². The summed E-state index contributed by atoms with van der Waals surface area (Å²) in [6.07, 6.45) is 0.918. The van der Waals surface area contributed by atoms with Crippen LogP contribution in [0.25, 0.3) is 0 Å². The Balaban J connectivity index is 1.58. The van der Waals surface area contributed by atoms with E-state index in [1.165, 1.54) is 5.56 Å². The first-order valence-corrected chi connectivity index (χ1v) is 8.53. The molecule has 0 spiro atoms. The summed E-state index contributed by atoms with van der Waals surface area (Å²) in [7, 11) is 2.08. The summed E-state index contributed by atoms with van der Waals surface area (Å²) in [5.41, 5.74) is 2.42. The van der Waals surface area contributed by atoms with Crippen molar-refractivity contribution in [3.05, 3.63) is 34.3 Å². The molecular formula is C17H24ClN3O2. The molecule has 0 saturated carbocycles. The van der Waals surface area contributed by atoms with Crippen molar-refractivity contribution in [1.29, 1.82) is 0 Å². The Bertz CT molecular complexity index is 581. The Kier molecular flexibility index (Phi) is 5.09. The Morgan fingerprint density at radius 1 is 1.39 bits per heavy atom. The third kappa shape index (κ3) is 3.97. The first kappa shape index (κ1) is 16.6. The second-order valence-corrected chi connectivity index (χ2v) is 6.93. The fourth-order valence-corrected chi connectivity index (χ4v) is 3.39. The number of amides is 2. The molecule has 2 aliphatic heterocycles. The van der Waals surface area contributed by atoms with E-state index >= 15 is 0 Å². The van der Waals surface area contributed by atoms with Crippen molar-refractivity contribution in [2.24, 2.45) is 0 Å². The molecule has 5 nitrogen and oxygen atoms in total. The van der Waals surface area contributed by atoms with Crippen LogP contribution in [-0.2, 0) is 17.7 Å². The van der Waals surface area contributed by atoms with Gasteiger partial charge in [-0.1, -0.05) is 17.7 Å². The molecule has 23 heavy (non-hydrogen) atoms. The van der Waals surface area contributed by atoms with Crippen LogP contribution in [0.5, 0.6) is 0 Å². The summed E-state index contributed by atoms with van der Waals surface area (Å²) in [5.74, 6) is 0. The summed E-state index contributed by atoms with van der Waals surface area (Å²) in [4.78, 5) is 16.6. The third-order valence-corrected chi connectivity index (χ3v) is 4.91. The monoisotopic (exact) mass is 337 g/mol. The van der Waals surface area contributed by atoms with E-state index in [9.17, 15) is 4.79 Å². The van der Waals surface area contributed by atoms with Gasteiger partial charge in [-0.25, -0.2) is 4.79 Å². The van der Waals surface area contributed by atoms with Gasteiger partial charge >= 0.3 is 6.03 Å². The Morgan fingerprint density at radius 3 is 3.00 bits per heavy atom. The lowest BCUT2D eigenvalue weighted by Crippen LogP contribution is -2.54. The number of hydrogen-bond donors (Lipinski definition) is 1. The zero-order chi connectivity index (χ0) is 16.4. The Hall–Kier alpha value is -1.30. The summed E-state index contributed by atoms with van der Waals surface area (Å²) >= 11 is 6.06. The van der Waals surface area contributed by atoms with E-state index in [0.29, 0.717) is 6.54 Å². The molecule has 1 fully saturated rings. The van der Waals surface area contributed by atoms with Gasteiger partial charge in [0.2, 0.25) is 0 Å². The van der Waals surface area contributed by atoms with Crippen molar-refractivity contribution in [2.75, 3.05) is 33.3 Å². The largest absolute Gasteiger partial charge is 0.373 e. The fourth-order valence-electron chi connectivity index (χ4n) is 3.19. The predicted molar refractivity (Wildman–Crippen MR) is 90.8 cm³/mol. The van der Waals surface area contributed by atoms with E-state index in [4.69, 9.17) is 16.3 Å². The molecule has 6 heteroatoms. The molecule has 0 aromatic heterocycles. The smallest absolute Gasteiger partial charge is 0.318 e. The molecule has 0 bridgehead atoms. The number of hydrogen-bond acceptors (Lipinski definition) is 3. The number of likely N-dealkylation sites (N-methyl/N-ethyl adjacent to an activating group) is 1. The molecule has 1 saturated heterocycles. The maximum absolute atomic E-state index is 12.5. The first-order valence-electron chi connectivity index (χ1n) is 8.16. The number of nitrogens with zero attached hydrogens (tertiary/aromatic N) is 2. The fraction of sp³-hybridized carbons (Fsp3) is 0.588. The van der Waals surface area contributed by atoms with Crippen molar-refractivity contribution in [1.82, 2.24) is 15.1 Å². The number of ether oxygens (including phenoxy) is 1. The molecule has 2 aliphatic rings. The quantitative estimate of drug-likeness (QED) is 0.899. The highest BCUT2D eigenvalue weighted by Gasteiger charge is 2.27. The van der Waals surface area contributed by atoms with Gasteiger partial charge in [0.25, 0.3) is 0 Å². The second kappa shape index (κ2) is 7.07. The molecule has 3 rings (SSSR count). The van der Waals surface area contributed by atoms with Crippen LogP contribution < -0.4 is 5.32 Å². The molecule has 1 N–H and O–H groups in total. The number of halogens is 1. The van der Waals surface area contributed by atoms with Crippen LogP contribution in [0.3, 0.4) is 0 Å². The second-order valence-electron chi connectivity index (χ2n) is 6.49. The lowest BCUT2D eigenvalue weighted by atomic mass is 10.0. The van der Waals surface area contributed by atoms with E-state index in [1.807, 2.05) is 24.0 Å². The highest BCUT2D eigenvalue weighted by atomic mass is 35.5. The number of fused-ring (bicyclic) bond motifs is 1. The van der Waals surface area contributed by atoms with E-state index in [-0.39, 0.29) is 18.2 Å². The first-order chi connectivity index (χ1) is 11.0. The van der Waals surface area contributed by atoms with Gasteiger partial charge in [-0.05, 0) is 43.7 Å². The van der Waals surface area contributed by atoms with E-state index in [0.717, 1.165) is 43.2 Å². The topological polar surface area (TPSA) is 44.8 Å². The third-order valence-electron chi connectivity index (χ3n) is 4.67. The van der Waals surface area contributed by atoms with Gasteiger partial charge in [-0.15, -0.1) is 0 Å². The van der Waals surface area contributed by atoms with Crippen molar-refractivity contribution >= 4 is 17.6 Å². The zero-order valence-corrected chi connectivity index (χ0v) is 14.5. The normalized spacial score (nSPS) is 23.3. The van der Waals surface area contributed by atoms with Crippen LogP contribution in [0.1, 0.15) is 18.1 Å². The highest BCUT2D eigenvalue weighted by Crippen LogP contribution is 2.22. The number of carbonyl (C=O) groups excluding carboxylic acids is 1. The van der Waals surface area contributed by atoms with Crippen LogP contribution in [0.15, 0.2) is 18.2 Å². The number of urea groups is 1. The van der Waals surface area contributed by atoms with Crippen molar-refractivity contribution in [3.8, 4) is 0 Å². The maximum Gasteiger partial charge on any atom is 0.318 e. The molecule has 126 valence electrons. The lowest BCUT2D eigenvalue weighted by molar-refractivity contribution is -0.0340. The molecule has 0 aliphatic carbocycles. The molecule has 2 amide bonds. The number of rotatable bonds is 2. The van der Waals surface area contributed by atoms with Gasteiger partial charge in [0, 0.05) is 31.2 Å². The molecule has 2 atom stereocenters. The van der Waals surface area contributed by atoms with Gasteiger partial charge in [0.15, 0.2) is 0 Å². The zero-order valence-electron chi connectivity index (χ0n) is 13.7. The molecular weight excluding hydrogens is 314 g/mol. The average Bonchev–Trinajstić information content (AvgIpc) is 2.54. The van der Waals surface area contributed by atoms with E-state index in [2.05, 4.69) is 23.3 Å². The summed E-state index contributed by atoms with van der Waals surface area (Å²) < 4.78 is 5.78. The standard InChI is InChI=1S/C17H24ClN3O2/c1-12(16-11-20(2)7-8-23-16)19-17(22)21-6-5-13-3-4-15(18)9-14(13)10-21/h3-4,9,12,16H,5-8,10-11H2,1-2H3,(H,19,22)/t12-,16+/m0/s1. The summed E-state index contributed by atoms with van der Waals surface area (Å²) in [5, 5.41) is 3.81. The van der Waals surface area contributed by atoms with E-state index in [1.54, 1.807) is 0 Å². The number of morpholine rings is 1. The Morgan fingerprint density at radius 2 is 2.22 bits per heavy atom. The maximum atomic E-state index is 12.5. The highest BCUT2D eigenvalue weighted by molar-refractivity contribution is 6.30. The van der Waals surface area contributed by atoms with Crippen LogP contribution >= 0.6 is 11.6 Å². The summed E-state index contributed by atoms with van der Waals surface area (Å²) in [6.45, 7) is 5.87. The number of benzene rings is 1. The minimum atomic E-state index is -0.0278. The van der Waals surface area contributed by atoms with Gasteiger partial charge in [-0.3, -0.25) is 0 Å². The van der Waals surface area contributed by atoms with Gasteiger partial charge < -0.3 is 19.9 Å². The van der Waals surface area contributed by atoms with Crippen molar-refractivity contribution in [3.63, 3.8) is 0 Å².